The quantitative estimate of drug-likeness (QED) is 0.695. The lowest BCUT2D eigenvalue weighted by molar-refractivity contribution is -0.117. The molecule has 1 amide bonds. The number of rotatable bonds is 6. The summed E-state index contributed by atoms with van der Waals surface area (Å²) in [5, 5.41) is 2.86. The minimum absolute atomic E-state index is 0.154. The lowest BCUT2D eigenvalue weighted by Gasteiger charge is -2.08. The Labute approximate surface area is 147 Å². The smallest absolute Gasteiger partial charge is 0.246 e. The first-order valence-electron chi connectivity index (χ1n) is 8.24. The molecule has 0 spiro atoms. The average Bonchev–Trinajstić information content (AvgIpc) is 2.98. The van der Waals surface area contributed by atoms with Gasteiger partial charge in [-0.15, -0.1) is 0 Å². The number of hydrogen-bond acceptors (Lipinski definition) is 2. The van der Waals surface area contributed by atoms with Crippen LogP contribution in [0.15, 0.2) is 72.8 Å². The van der Waals surface area contributed by atoms with Gasteiger partial charge >= 0.3 is 0 Å². The van der Waals surface area contributed by atoms with Crippen molar-refractivity contribution in [1.82, 2.24) is 14.9 Å². The highest BCUT2D eigenvalue weighted by Gasteiger charge is 2.10. The van der Waals surface area contributed by atoms with E-state index in [-0.39, 0.29) is 5.91 Å². The number of carbonyl (C=O) groups is 1. The first-order chi connectivity index (χ1) is 12.1. The SMILES string of the molecule is C=C(C)C(=O)NCc1nc2ccccc2n1C/C=C/c1ccccc1. The summed E-state index contributed by atoms with van der Waals surface area (Å²) in [7, 11) is 0. The second-order valence-corrected chi connectivity index (χ2v) is 5.90. The number of fused-ring (bicyclic) bond motifs is 1. The van der Waals surface area contributed by atoms with Crippen LogP contribution < -0.4 is 5.32 Å². The number of benzene rings is 2. The van der Waals surface area contributed by atoms with Gasteiger partial charge in [0.25, 0.3) is 0 Å². The van der Waals surface area contributed by atoms with Gasteiger partial charge in [-0.2, -0.15) is 0 Å². The molecule has 0 bridgehead atoms. The second-order valence-electron chi connectivity index (χ2n) is 5.90. The molecule has 1 aromatic heterocycles. The predicted octanol–water partition coefficient (Wildman–Crippen LogP) is 3.94. The largest absolute Gasteiger partial charge is 0.345 e. The third-order valence-electron chi connectivity index (χ3n) is 3.93. The van der Waals surface area contributed by atoms with Gasteiger partial charge in [0.1, 0.15) is 5.82 Å². The molecule has 0 atom stereocenters. The summed E-state index contributed by atoms with van der Waals surface area (Å²) in [4.78, 5) is 16.4. The van der Waals surface area contributed by atoms with Gasteiger partial charge in [-0.05, 0) is 24.6 Å². The van der Waals surface area contributed by atoms with Gasteiger partial charge in [-0.3, -0.25) is 4.79 Å². The fraction of sp³-hybridized carbons (Fsp3) is 0.143. The third kappa shape index (κ3) is 4.04. The zero-order chi connectivity index (χ0) is 17.6. The van der Waals surface area contributed by atoms with Crippen LogP contribution in [0.5, 0.6) is 0 Å². The highest BCUT2D eigenvalue weighted by molar-refractivity contribution is 5.92. The molecule has 4 nitrogen and oxygen atoms in total. The van der Waals surface area contributed by atoms with Crippen LogP contribution >= 0.6 is 0 Å². The molecular weight excluding hydrogens is 310 g/mol. The van der Waals surface area contributed by atoms with E-state index >= 15 is 0 Å². The Morgan fingerprint density at radius 1 is 1.16 bits per heavy atom. The van der Waals surface area contributed by atoms with Crippen LogP contribution in [-0.4, -0.2) is 15.5 Å². The summed E-state index contributed by atoms with van der Waals surface area (Å²) in [5.41, 5.74) is 3.63. The maximum atomic E-state index is 11.8. The summed E-state index contributed by atoms with van der Waals surface area (Å²) in [6, 6.07) is 18.2. The zero-order valence-electron chi connectivity index (χ0n) is 14.3. The molecule has 0 saturated carbocycles. The number of amides is 1. The number of allylic oxidation sites excluding steroid dienone is 1. The predicted molar refractivity (Wildman–Crippen MR) is 102 cm³/mol. The molecule has 126 valence electrons. The van der Waals surface area contributed by atoms with Crippen molar-refractivity contribution in [3.63, 3.8) is 0 Å². The Bertz CT molecular complexity index is 923. The Hall–Kier alpha value is -3.14. The Kier molecular flexibility index (Phi) is 5.09. The fourth-order valence-electron chi connectivity index (χ4n) is 2.63. The van der Waals surface area contributed by atoms with Gasteiger partial charge in [0.2, 0.25) is 5.91 Å². The summed E-state index contributed by atoms with van der Waals surface area (Å²) in [6.45, 7) is 6.42. The van der Waals surface area contributed by atoms with Crippen molar-refractivity contribution in [3.05, 3.63) is 84.2 Å². The van der Waals surface area contributed by atoms with Crippen molar-refractivity contribution in [1.29, 1.82) is 0 Å². The maximum absolute atomic E-state index is 11.8. The van der Waals surface area contributed by atoms with E-state index in [4.69, 9.17) is 0 Å². The van der Waals surface area contributed by atoms with E-state index in [0.29, 0.717) is 18.7 Å². The molecule has 25 heavy (non-hydrogen) atoms. The summed E-state index contributed by atoms with van der Waals surface area (Å²) >= 11 is 0. The van der Waals surface area contributed by atoms with Gasteiger partial charge < -0.3 is 9.88 Å². The fourth-order valence-corrected chi connectivity index (χ4v) is 2.63. The van der Waals surface area contributed by atoms with E-state index in [0.717, 1.165) is 22.4 Å². The summed E-state index contributed by atoms with van der Waals surface area (Å²) in [5.74, 6) is 0.673. The number of nitrogens with zero attached hydrogens (tertiary/aromatic N) is 2. The zero-order valence-corrected chi connectivity index (χ0v) is 14.3. The molecule has 1 heterocycles. The first kappa shape index (κ1) is 16.7. The minimum atomic E-state index is -0.154. The van der Waals surface area contributed by atoms with E-state index in [1.165, 1.54) is 0 Å². The molecule has 3 aromatic rings. The molecule has 0 fully saturated rings. The lowest BCUT2D eigenvalue weighted by Crippen LogP contribution is -2.24. The van der Waals surface area contributed by atoms with Crippen molar-refractivity contribution < 1.29 is 4.79 Å². The molecule has 4 heteroatoms. The highest BCUT2D eigenvalue weighted by atomic mass is 16.1. The molecule has 0 radical (unpaired) electrons. The highest BCUT2D eigenvalue weighted by Crippen LogP contribution is 2.16. The molecule has 0 aliphatic heterocycles. The van der Waals surface area contributed by atoms with Gasteiger partial charge in [-0.1, -0.05) is 61.2 Å². The van der Waals surface area contributed by atoms with Gasteiger partial charge in [-0.25, -0.2) is 4.98 Å². The molecule has 1 N–H and O–H groups in total. The molecular formula is C21H21N3O. The number of para-hydroxylation sites is 2. The van der Waals surface area contributed by atoms with E-state index in [2.05, 4.69) is 45.7 Å². The lowest BCUT2D eigenvalue weighted by atomic mass is 10.2. The van der Waals surface area contributed by atoms with Crippen LogP contribution in [0.25, 0.3) is 17.1 Å². The number of carbonyl (C=O) groups excluding carboxylic acids is 1. The number of hydrogen-bond donors (Lipinski definition) is 1. The monoisotopic (exact) mass is 331 g/mol. The molecule has 0 unspecified atom stereocenters. The molecule has 0 aliphatic rings. The number of imidazole rings is 1. The van der Waals surface area contributed by atoms with Crippen molar-refractivity contribution >= 4 is 23.0 Å². The average molecular weight is 331 g/mol. The van der Waals surface area contributed by atoms with Gasteiger partial charge in [0, 0.05) is 12.1 Å². The standard InChI is InChI=1S/C21H21N3O/c1-16(2)21(25)22-15-20-23-18-12-6-7-13-19(18)24(20)14-8-11-17-9-4-3-5-10-17/h3-13H,1,14-15H2,2H3,(H,22,25)/b11-8+. The normalized spacial score (nSPS) is 11.1. The van der Waals surface area contributed by atoms with Gasteiger partial charge in [0.05, 0.1) is 17.6 Å². The van der Waals surface area contributed by atoms with Crippen LogP contribution in [0.1, 0.15) is 18.3 Å². The summed E-state index contributed by atoms with van der Waals surface area (Å²) < 4.78 is 2.12. The van der Waals surface area contributed by atoms with Crippen LogP contribution in [0.2, 0.25) is 0 Å². The Morgan fingerprint density at radius 2 is 1.88 bits per heavy atom. The molecule has 3 rings (SSSR count). The molecule has 2 aromatic carbocycles. The molecule has 0 aliphatic carbocycles. The van der Waals surface area contributed by atoms with E-state index in [1.54, 1.807) is 6.92 Å². The van der Waals surface area contributed by atoms with E-state index < -0.39 is 0 Å². The van der Waals surface area contributed by atoms with Crippen molar-refractivity contribution in [2.75, 3.05) is 0 Å². The van der Waals surface area contributed by atoms with Crippen LogP contribution in [-0.2, 0) is 17.9 Å². The topological polar surface area (TPSA) is 46.9 Å². The van der Waals surface area contributed by atoms with Crippen molar-refractivity contribution in [2.45, 2.75) is 20.0 Å². The minimum Gasteiger partial charge on any atom is -0.345 e. The first-order valence-corrected chi connectivity index (χ1v) is 8.24. The van der Waals surface area contributed by atoms with Gasteiger partial charge in [0.15, 0.2) is 0 Å². The summed E-state index contributed by atoms with van der Waals surface area (Å²) in [6.07, 6.45) is 4.19. The van der Waals surface area contributed by atoms with Crippen LogP contribution in [0, 0.1) is 0 Å². The number of nitrogens with one attached hydrogen (secondary N) is 1. The molecule has 0 saturated heterocycles. The maximum Gasteiger partial charge on any atom is 0.246 e. The van der Waals surface area contributed by atoms with Crippen LogP contribution in [0.3, 0.4) is 0 Å². The second kappa shape index (κ2) is 7.62. The van der Waals surface area contributed by atoms with Crippen LogP contribution in [0.4, 0.5) is 0 Å². The number of aromatic nitrogens is 2. The third-order valence-corrected chi connectivity index (χ3v) is 3.93. The Balaban J connectivity index is 1.84. The van der Waals surface area contributed by atoms with E-state index in [1.807, 2.05) is 42.5 Å². The van der Waals surface area contributed by atoms with Crippen molar-refractivity contribution in [2.24, 2.45) is 0 Å². The van der Waals surface area contributed by atoms with E-state index in [9.17, 15) is 4.79 Å². The van der Waals surface area contributed by atoms with Crippen molar-refractivity contribution in [3.8, 4) is 0 Å². The Morgan fingerprint density at radius 3 is 2.64 bits per heavy atom.